The van der Waals surface area contributed by atoms with Gasteiger partial charge in [0.25, 0.3) is 5.91 Å². The lowest BCUT2D eigenvalue weighted by Crippen LogP contribution is -2.40. The lowest BCUT2D eigenvalue weighted by molar-refractivity contribution is -0.136. The molecule has 2 aliphatic heterocycles. The van der Waals surface area contributed by atoms with Gasteiger partial charge < -0.3 is 4.84 Å². The Bertz CT molecular complexity index is 816. The summed E-state index contributed by atoms with van der Waals surface area (Å²) in [5.74, 6) is -1.25. The van der Waals surface area contributed by atoms with E-state index >= 15 is 0 Å². The number of nitrogens with zero attached hydrogens (tertiary/aromatic N) is 2. The topological polar surface area (TPSA) is 59.0 Å². The second kappa shape index (κ2) is 4.99. The average Bonchev–Trinajstić information content (AvgIpc) is 3.23. The number of oxime groups is 1. The predicted octanol–water partition coefficient (Wildman–Crippen LogP) is 2.71. The highest BCUT2D eigenvalue weighted by Crippen LogP contribution is 2.39. The minimum atomic E-state index is -1.27. The molecule has 2 amide bonds. The van der Waals surface area contributed by atoms with Gasteiger partial charge in [0.1, 0.15) is 11.5 Å². The fourth-order valence-electron chi connectivity index (χ4n) is 2.83. The van der Waals surface area contributed by atoms with Gasteiger partial charge in [0.05, 0.1) is 17.0 Å². The third kappa shape index (κ3) is 2.16. The van der Waals surface area contributed by atoms with Crippen molar-refractivity contribution in [2.45, 2.75) is 18.4 Å². The lowest BCUT2D eigenvalue weighted by Gasteiger charge is -2.19. The van der Waals surface area contributed by atoms with Crippen LogP contribution in [-0.2, 0) is 14.4 Å². The summed E-state index contributed by atoms with van der Waals surface area (Å²) in [6, 6.07) is 9.01. The zero-order valence-corrected chi connectivity index (χ0v) is 12.7. The number of carbonyl (C=O) groups excluding carboxylic acids is 2. The summed E-state index contributed by atoms with van der Waals surface area (Å²) in [5, 5.41) is 5.92. The van der Waals surface area contributed by atoms with E-state index in [4.69, 9.17) is 4.84 Å². The summed E-state index contributed by atoms with van der Waals surface area (Å²) < 4.78 is 13.0. The first kappa shape index (κ1) is 14.1. The highest BCUT2D eigenvalue weighted by molar-refractivity contribution is 7.12. The summed E-state index contributed by atoms with van der Waals surface area (Å²) >= 11 is 1.50. The molecule has 2 aliphatic rings. The van der Waals surface area contributed by atoms with Gasteiger partial charge in [0.15, 0.2) is 0 Å². The summed E-state index contributed by atoms with van der Waals surface area (Å²) in [7, 11) is 0. The Kier molecular flexibility index (Phi) is 3.05. The normalized spacial score (nSPS) is 23.5. The number of benzene rings is 1. The van der Waals surface area contributed by atoms with Crippen LogP contribution >= 0.6 is 11.3 Å². The molecule has 2 aromatic rings. The SMILES string of the molecule is O=C1C[C@@]2(CC(c3cccs3)=NO2)C(=O)N1c1ccc(F)cc1. The van der Waals surface area contributed by atoms with Crippen LogP contribution in [0.25, 0.3) is 0 Å². The van der Waals surface area contributed by atoms with Crippen molar-refractivity contribution in [2.24, 2.45) is 5.16 Å². The second-order valence-electron chi connectivity index (χ2n) is 5.47. The fraction of sp³-hybridized carbons (Fsp3) is 0.188. The van der Waals surface area contributed by atoms with Crippen LogP contribution in [0.2, 0.25) is 0 Å². The Morgan fingerprint density at radius 3 is 2.65 bits per heavy atom. The van der Waals surface area contributed by atoms with Crippen LogP contribution < -0.4 is 4.90 Å². The number of carbonyl (C=O) groups is 2. The molecule has 116 valence electrons. The molecule has 5 nitrogen and oxygen atoms in total. The first-order valence-corrected chi connectivity index (χ1v) is 7.89. The van der Waals surface area contributed by atoms with Crippen molar-refractivity contribution in [3.05, 3.63) is 52.5 Å². The molecule has 1 aromatic heterocycles. The van der Waals surface area contributed by atoms with Crippen molar-refractivity contribution in [2.75, 3.05) is 4.90 Å². The molecule has 1 spiro atoms. The maximum absolute atomic E-state index is 13.0. The van der Waals surface area contributed by atoms with Gasteiger partial charge in [-0.25, -0.2) is 9.29 Å². The van der Waals surface area contributed by atoms with Gasteiger partial charge in [-0.1, -0.05) is 11.2 Å². The van der Waals surface area contributed by atoms with Gasteiger partial charge >= 0.3 is 0 Å². The molecule has 4 rings (SSSR count). The monoisotopic (exact) mass is 330 g/mol. The third-order valence-electron chi connectivity index (χ3n) is 3.95. The molecule has 7 heteroatoms. The quantitative estimate of drug-likeness (QED) is 0.796. The third-order valence-corrected chi connectivity index (χ3v) is 4.87. The molecule has 0 aliphatic carbocycles. The molecule has 23 heavy (non-hydrogen) atoms. The van der Waals surface area contributed by atoms with Crippen molar-refractivity contribution < 1.29 is 18.8 Å². The summed E-state index contributed by atoms with van der Waals surface area (Å²) in [6.45, 7) is 0. The Hall–Kier alpha value is -2.54. The fourth-order valence-corrected chi connectivity index (χ4v) is 3.54. The van der Waals surface area contributed by atoms with Gasteiger partial charge in [0.2, 0.25) is 11.5 Å². The van der Waals surface area contributed by atoms with Crippen LogP contribution in [0.5, 0.6) is 0 Å². The predicted molar refractivity (Wildman–Crippen MR) is 82.8 cm³/mol. The van der Waals surface area contributed by atoms with Crippen LogP contribution in [0.1, 0.15) is 17.7 Å². The minimum absolute atomic E-state index is 0.0679. The van der Waals surface area contributed by atoms with Gasteiger partial charge in [-0.15, -0.1) is 11.3 Å². The Morgan fingerprint density at radius 1 is 1.17 bits per heavy atom. The van der Waals surface area contributed by atoms with Crippen LogP contribution in [-0.4, -0.2) is 23.1 Å². The number of hydrogen-bond acceptors (Lipinski definition) is 5. The molecule has 0 unspecified atom stereocenters. The molecule has 0 radical (unpaired) electrons. The zero-order valence-electron chi connectivity index (χ0n) is 11.9. The average molecular weight is 330 g/mol. The molecule has 1 saturated heterocycles. The van der Waals surface area contributed by atoms with Gasteiger partial charge in [-0.05, 0) is 35.7 Å². The summed E-state index contributed by atoms with van der Waals surface area (Å²) in [6.07, 6.45) is 0.192. The Balaban J connectivity index is 1.62. The number of imide groups is 1. The lowest BCUT2D eigenvalue weighted by atomic mass is 9.95. The molecule has 1 aromatic carbocycles. The largest absolute Gasteiger partial charge is 0.378 e. The van der Waals surface area contributed by atoms with E-state index in [1.807, 2.05) is 17.5 Å². The van der Waals surface area contributed by atoms with E-state index in [1.165, 1.54) is 35.6 Å². The summed E-state index contributed by atoms with van der Waals surface area (Å²) in [4.78, 5) is 32.4. The smallest absolute Gasteiger partial charge is 0.281 e. The maximum Gasteiger partial charge on any atom is 0.281 e. The van der Waals surface area contributed by atoms with Crippen molar-refractivity contribution in [1.29, 1.82) is 0 Å². The number of rotatable bonds is 2. The first-order chi connectivity index (χ1) is 11.1. The van der Waals surface area contributed by atoms with Gasteiger partial charge in [-0.3, -0.25) is 9.59 Å². The minimum Gasteiger partial charge on any atom is -0.378 e. The standard InChI is InChI=1S/C16H11FN2O3S/c17-10-3-5-11(6-4-10)19-14(20)9-16(15(19)21)8-12(18-22-16)13-2-1-7-23-13/h1-7H,8-9H2/t16-/m0/s1. The maximum atomic E-state index is 13.0. The molecular weight excluding hydrogens is 319 g/mol. The molecule has 0 bridgehead atoms. The van der Waals surface area contributed by atoms with Crippen molar-refractivity contribution >= 4 is 34.6 Å². The van der Waals surface area contributed by atoms with Crippen molar-refractivity contribution in [1.82, 2.24) is 0 Å². The van der Waals surface area contributed by atoms with Crippen LogP contribution in [0.4, 0.5) is 10.1 Å². The molecule has 0 N–H and O–H groups in total. The van der Waals surface area contributed by atoms with E-state index in [1.54, 1.807) is 0 Å². The Labute approximate surface area is 135 Å². The van der Waals surface area contributed by atoms with E-state index < -0.39 is 17.3 Å². The first-order valence-electron chi connectivity index (χ1n) is 7.01. The number of anilines is 1. The van der Waals surface area contributed by atoms with Crippen molar-refractivity contribution in [3.8, 4) is 0 Å². The molecule has 1 atom stereocenters. The number of hydrogen-bond donors (Lipinski definition) is 0. The molecule has 3 heterocycles. The summed E-state index contributed by atoms with van der Waals surface area (Å²) in [5.41, 5.74) is -0.265. The van der Waals surface area contributed by atoms with Crippen LogP contribution in [0, 0.1) is 5.82 Å². The number of amides is 2. The highest BCUT2D eigenvalue weighted by Gasteiger charge is 2.58. The van der Waals surface area contributed by atoms with Gasteiger partial charge in [0, 0.05) is 6.42 Å². The van der Waals surface area contributed by atoms with Crippen LogP contribution in [0.15, 0.2) is 46.9 Å². The molecular formula is C16H11FN2O3S. The molecule has 1 fully saturated rings. The van der Waals surface area contributed by atoms with E-state index in [0.29, 0.717) is 11.4 Å². The van der Waals surface area contributed by atoms with E-state index in [9.17, 15) is 14.0 Å². The number of thiophene rings is 1. The Morgan fingerprint density at radius 2 is 1.96 bits per heavy atom. The zero-order chi connectivity index (χ0) is 16.0. The van der Waals surface area contributed by atoms with E-state index in [0.717, 1.165) is 9.78 Å². The van der Waals surface area contributed by atoms with E-state index in [2.05, 4.69) is 5.16 Å². The van der Waals surface area contributed by atoms with Crippen LogP contribution in [0.3, 0.4) is 0 Å². The molecule has 0 saturated carbocycles. The van der Waals surface area contributed by atoms with E-state index in [-0.39, 0.29) is 18.7 Å². The number of halogens is 1. The second-order valence-corrected chi connectivity index (χ2v) is 6.41. The van der Waals surface area contributed by atoms with Crippen molar-refractivity contribution in [3.63, 3.8) is 0 Å². The highest BCUT2D eigenvalue weighted by atomic mass is 32.1. The van der Waals surface area contributed by atoms with Gasteiger partial charge in [-0.2, -0.15) is 0 Å².